The average molecular weight is 335 g/mol. The molecule has 0 atom stereocenters. The lowest BCUT2D eigenvalue weighted by Gasteiger charge is -2.69. The number of hydrogen-bond donors (Lipinski definition) is 3. The molecule has 4 nitrogen and oxygen atoms in total. The number of aliphatic hydroxyl groups is 1. The Hall–Kier alpha value is -1.03. The summed E-state index contributed by atoms with van der Waals surface area (Å²) in [6.45, 7) is 1.89. The number of carbonyl (C=O) groups is 1. The highest BCUT2D eigenvalue weighted by Gasteiger charge is 2.73. The van der Waals surface area contributed by atoms with Crippen LogP contribution in [0.3, 0.4) is 0 Å². The summed E-state index contributed by atoms with van der Waals surface area (Å²) in [6.07, 6.45) is -7.95. The van der Waals surface area contributed by atoms with E-state index in [1.165, 1.54) is 0 Å². The maximum Gasteiger partial charge on any atom is 0.490 e. The predicted molar refractivity (Wildman–Crippen MR) is 60.9 cm³/mol. The number of carboxylic acids is 1. The van der Waals surface area contributed by atoms with E-state index in [-0.39, 0.29) is 23.7 Å². The predicted octanol–water partition coefficient (Wildman–Crippen LogP) is 2.08. The van der Waals surface area contributed by atoms with Crippen LogP contribution in [0.2, 0.25) is 0 Å². The Morgan fingerprint density at radius 2 is 1.32 bits per heavy atom. The van der Waals surface area contributed by atoms with Gasteiger partial charge in [-0.15, -0.1) is 0 Å². The third kappa shape index (κ3) is 2.90. The van der Waals surface area contributed by atoms with Crippen LogP contribution in [0.15, 0.2) is 0 Å². The molecule has 22 heavy (non-hydrogen) atoms. The van der Waals surface area contributed by atoms with E-state index in [4.69, 9.17) is 9.90 Å². The number of halogens is 6. The fourth-order valence-corrected chi connectivity index (χ4v) is 3.91. The highest BCUT2D eigenvalue weighted by atomic mass is 19.4. The van der Waals surface area contributed by atoms with E-state index in [1.807, 2.05) is 0 Å². The smallest absolute Gasteiger partial charge is 0.475 e. The van der Waals surface area contributed by atoms with E-state index in [1.54, 1.807) is 0 Å². The molecule has 3 rings (SSSR count). The minimum Gasteiger partial charge on any atom is -0.475 e. The Labute approximate surface area is 121 Å². The van der Waals surface area contributed by atoms with Gasteiger partial charge in [0.1, 0.15) is 0 Å². The van der Waals surface area contributed by atoms with Gasteiger partial charge in [-0.25, -0.2) is 4.79 Å². The molecule has 2 saturated carbocycles. The molecule has 10 heteroatoms. The molecule has 0 aromatic rings. The van der Waals surface area contributed by atoms with Gasteiger partial charge in [0.2, 0.25) is 0 Å². The van der Waals surface area contributed by atoms with E-state index >= 15 is 0 Å². The highest BCUT2D eigenvalue weighted by molar-refractivity contribution is 5.73. The summed E-state index contributed by atoms with van der Waals surface area (Å²) in [5.74, 6) is -2.76. The van der Waals surface area contributed by atoms with Crippen molar-refractivity contribution in [1.29, 1.82) is 0 Å². The summed E-state index contributed by atoms with van der Waals surface area (Å²) < 4.78 is 69.0. The Balaban J connectivity index is 0.000000217. The Morgan fingerprint density at radius 3 is 1.55 bits per heavy atom. The van der Waals surface area contributed by atoms with E-state index in [9.17, 15) is 31.4 Å². The first-order valence-electron chi connectivity index (χ1n) is 6.53. The number of hydrogen-bond acceptors (Lipinski definition) is 3. The first-order chi connectivity index (χ1) is 9.73. The summed E-state index contributed by atoms with van der Waals surface area (Å²) in [4.78, 5) is 8.90. The largest absolute Gasteiger partial charge is 0.490 e. The second-order valence-corrected chi connectivity index (χ2v) is 6.64. The third-order valence-electron chi connectivity index (χ3n) is 4.61. The van der Waals surface area contributed by atoms with Crippen LogP contribution >= 0.6 is 0 Å². The first-order valence-corrected chi connectivity index (χ1v) is 6.53. The Bertz CT molecular complexity index is 452. The molecule has 128 valence electrons. The quantitative estimate of drug-likeness (QED) is 0.593. The molecule has 0 aromatic heterocycles. The molecule has 2 aliphatic carbocycles. The van der Waals surface area contributed by atoms with Gasteiger partial charge in [-0.1, -0.05) is 0 Å². The van der Waals surface area contributed by atoms with Crippen molar-refractivity contribution in [3.63, 3.8) is 0 Å². The zero-order chi connectivity index (χ0) is 17.0. The van der Waals surface area contributed by atoms with Crippen molar-refractivity contribution in [3.05, 3.63) is 0 Å². The minimum atomic E-state index is -5.08. The van der Waals surface area contributed by atoms with E-state index in [0.717, 1.165) is 25.9 Å². The van der Waals surface area contributed by atoms with Gasteiger partial charge in [-0.05, 0) is 36.5 Å². The molecule has 2 spiro atoms. The summed E-state index contributed by atoms with van der Waals surface area (Å²) in [5, 5.41) is 19.6. The van der Waals surface area contributed by atoms with Crippen LogP contribution < -0.4 is 5.32 Å². The third-order valence-corrected chi connectivity index (χ3v) is 4.61. The van der Waals surface area contributed by atoms with Crippen molar-refractivity contribution >= 4 is 5.97 Å². The maximum atomic E-state index is 12.4. The lowest BCUT2D eigenvalue weighted by atomic mass is 9.40. The first kappa shape index (κ1) is 17.3. The molecular formula is C12H15F6NO3. The second kappa shape index (κ2) is 4.73. The van der Waals surface area contributed by atoms with Gasteiger partial charge in [-0.3, -0.25) is 0 Å². The van der Waals surface area contributed by atoms with Crippen molar-refractivity contribution in [3.8, 4) is 0 Å². The van der Waals surface area contributed by atoms with Crippen LogP contribution in [0.1, 0.15) is 25.7 Å². The molecule has 0 aromatic carbocycles. The molecule has 0 radical (unpaired) electrons. The standard InChI is InChI=1S/C10H14F3NO.C2HF3O2/c11-10(12,13)9(15)3-7(4-9)1-8(2-7)5-14-6-8;3-2(4,5)1(6)7/h14-15H,1-6H2;(H,6,7). The molecule has 1 aliphatic heterocycles. The van der Waals surface area contributed by atoms with Crippen molar-refractivity contribution in [2.75, 3.05) is 13.1 Å². The molecule has 1 heterocycles. The SMILES string of the molecule is O=C(O)C(F)(F)F.OC1(C(F)(F)F)CC2(CC3(CNC3)C2)C1. The molecule has 3 aliphatic rings. The summed E-state index contributed by atoms with van der Waals surface area (Å²) in [6, 6.07) is 0. The summed E-state index contributed by atoms with van der Waals surface area (Å²) in [5.41, 5.74) is -2.29. The lowest BCUT2D eigenvalue weighted by molar-refractivity contribution is -0.341. The minimum absolute atomic E-state index is 0.0781. The molecule has 1 saturated heterocycles. The van der Waals surface area contributed by atoms with Gasteiger partial charge in [-0.2, -0.15) is 26.3 Å². The van der Waals surface area contributed by atoms with Gasteiger partial charge in [0, 0.05) is 13.1 Å². The van der Waals surface area contributed by atoms with E-state index in [0.29, 0.717) is 0 Å². The maximum absolute atomic E-state index is 12.4. The van der Waals surface area contributed by atoms with Crippen molar-refractivity contribution in [2.24, 2.45) is 10.8 Å². The monoisotopic (exact) mass is 335 g/mol. The molecular weight excluding hydrogens is 320 g/mol. The van der Waals surface area contributed by atoms with Gasteiger partial charge in [0.15, 0.2) is 5.60 Å². The van der Waals surface area contributed by atoms with Crippen LogP contribution in [0.5, 0.6) is 0 Å². The van der Waals surface area contributed by atoms with Crippen molar-refractivity contribution < 1.29 is 41.4 Å². The number of alkyl halides is 6. The van der Waals surface area contributed by atoms with Gasteiger partial charge in [0.05, 0.1) is 0 Å². The fraction of sp³-hybridized carbons (Fsp3) is 0.917. The number of carboxylic acid groups (broad SMARTS) is 1. The van der Waals surface area contributed by atoms with Crippen molar-refractivity contribution in [1.82, 2.24) is 5.32 Å². The van der Waals surface area contributed by atoms with Gasteiger partial charge < -0.3 is 15.5 Å². The van der Waals surface area contributed by atoms with Gasteiger partial charge in [0.25, 0.3) is 0 Å². The Kier molecular flexibility index (Phi) is 3.73. The molecule has 0 unspecified atom stereocenters. The van der Waals surface area contributed by atoms with Crippen molar-refractivity contribution in [2.45, 2.75) is 43.6 Å². The van der Waals surface area contributed by atoms with E-state index in [2.05, 4.69) is 5.32 Å². The van der Waals surface area contributed by atoms with Gasteiger partial charge >= 0.3 is 18.3 Å². The topological polar surface area (TPSA) is 69.6 Å². The molecule has 3 N–H and O–H groups in total. The molecule has 0 bridgehead atoms. The van der Waals surface area contributed by atoms with Crippen LogP contribution in [0.4, 0.5) is 26.3 Å². The Morgan fingerprint density at radius 1 is 0.909 bits per heavy atom. The van der Waals surface area contributed by atoms with Crippen LogP contribution in [0.25, 0.3) is 0 Å². The number of rotatable bonds is 0. The zero-order valence-electron chi connectivity index (χ0n) is 11.3. The van der Waals surface area contributed by atoms with Crippen LogP contribution in [-0.2, 0) is 4.79 Å². The molecule has 0 amide bonds. The summed E-state index contributed by atoms with van der Waals surface area (Å²) in [7, 11) is 0. The zero-order valence-corrected chi connectivity index (χ0v) is 11.3. The fourth-order valence-electron chi connectivity index (χ4n) is 3.91. The summed E-state index contributed by atoms with van der Waals surface area (Å²) >= 11 is 0. The van der Waals surface area contributed by atoms with Crippen LogP contribution in [-0.4, -0.2) is 47.2 Å². The molecule has 3 fully saturated rings. The highest BCUT2D eigenvalue weighted by Crippen LogP contribution is 2.70. The normalized spacial score (nSPS) is 27.0. The van der Waals surface area contributed by atoms with Crippen LogP contribution in [0, 0.1) is 10.8 Å². The van der Waals surface area contributed by atoms with E-state index < -0.39 is 23.9 Å². The number of nitrogens with one attached hydrogen (secondary N) is 1. The average Bonchev–Trinajstić information content (AvgIpc) is 2.16. The number of aliphatic carboxylic acids is 1. The lowest BCUT2D eigenvalue weighted by Crippen LogP contribution is -2.72. The second-order valence-electron chi connectivity index (χ2n) is 6.64.